The molecule has 2 atom stereocenters. The lowest BCUT2D eigenvalue weighted by Crippen LogP contribution is -2.26. The van der Waals surface area contributed by atoms with E-state index < -0.39 is 18.3 Å². The molecule has 3 aromatic heterocycles. The summed E-state index contributed by atoms with van der Waals surface area (Å²) in [5.74, 6) is 0. The van der Waals surface area contributed by atoms with Gasteiger partial charge in [0, 0.05) is 25.5 Å². The minimum absolute atomic E-state index is 0.00764. The number of nitriles is 1. The molecule has 0 spiro atoms. The van der Waals surface area contributed by atoms with Crippen LogP contribution in [0.25, 0.3) is 11.0 Å². The van der Waals surface area contributed by atoms with Crippen LogP contribution >= 0.6 is 0 Å². The number of aromatic amines is 1. The summed E-state index contributed by atoms with van der Waals surface area (Å²) >= 11 is 0. The maximum absolute atomic E-state index is 12.4. The lowest BCUT2D eigenvalue weighted by molar-refractivity contribution is 0.0925. The quantitative estimate of drug-likeness (QED) is 0.611. The molecule has 3 aromatic rings. The first-order valence-electron chi connectivity index (χ1n) is 8.62. The standard InChI is InChI=1S/C18H18N6O3/c19-8-12-17(23-7-4-11(9-23)24-6-1-5-20-24)16-14(22-18(12)27)3-2-13(21-16)15(26)10-25/h1-3,5-6,11,15,25-26H,4,7,9-10H2,(H,22,27)/t11-,15?/m1/s1. The smallest absolute Gasteiger partial charge is 0.268 e. The Morgan fingerprint density at radius 2 is 2.30 bits per heavy atom. The lowest BCUT2D eigenvalue weighted by Gasteiger charge is -2.21. The molecule has 3 N–H and O–H groups in total. The third-order valence-electron chi connectivity index (χ3n) is 4.86. The second-order valence-electron chi connectivity index (χ2n) is 6.49. The van der Waals surface area contributed by atoms with E-state index in [-0.39, 0.29) is 17.3 Å². The molecule has 138 valence electrons. The SMILES string of the molecule is N#Cc1c(N2CC[C@@H](n3cccn3)C2)c2nc(C(O)CO)ccc2[nH]c1=O. The van der Waals surface area contributed by atoms with Gasteiger partial charge in [-0.2, -0.15) is 10.4 Å². The van der Waals surface area contributed by atoms with Gasteiger partial charge < -0.3 is 20.1 Å². The Hall–Kier alpha value is -3.22. The van der Waals surface area contributed by atoms with Gasteiger partial charge in [-0.15, -0.1) is 0 Å². The van der Waals surface area contributed by atoms with E-state index in [1.807, 2.05) is 27.9 Å². The number of nitrogens with one attached hydrogen (secondary N) is 1. The van der Waals surface area contributed by atoms with Gasteiger partial charge in [-0.05, 0) is 24.6 Å². The van der Waals surface area contributed by atoms with E-state index in [1.165, 1.54) is 0 Å². The van der Waals surface area contributed by atoms with E-state index in [0.29, 0.717) is 29.8 Å². The van der Waals surface area contributed by atoms with Crippen molar-refractivity contribution in [2.24, 2.45) is 0 Å². The van der Waals surface area contributed by atoms with Crippen molar-refractivity contribution in [1.82, 2.24) is 19.7 Å². The van der Waals surface area contributed by atoms with Crippen molar-refractivity contribution in [3.05, 3.63) is 52.2 Å². The van der Waals surface area contributed by atoms with Crippen molar-refractivity contribution in [3.8, 4) is 6.07 Å². The number of aliphatic hydroxyl groups excluding tert-OH is 2. The average Bonchev–Trinajstić information content (AvgIpc) is 3.37. The summed E-state index contributed by atoms with van der Waals surface area (Å²) in [6.07, 6.45) is 3.30. The van der Waals surface area contributed by atoms with Crippen LogP contribution in [0, 0.1) is 11.3 Å². The highest BCUT2D eigenvalue weighted by atomic mass is 16.3. The number of nitrogens with zero attached hydrogens (tertiary/aromatic N) is 5. The maximum Gasteiger partial charge on any atom is 0.268 e. The molecule has 1 aliphatic rings. The summed E-state index contributed by atoms with van der Waals surface area (Å²) in [7, 11) is 0. The fourth-order valence-electron chi connectivity index (χ4n) is 3.51. The molecule has 27 heavy (non-hydrogen) atoms. The molecule has 0 aromatic carbocycles. The Morgan fingerprint density at radius 3 is 3.00 bits per heavy atom. The Labute approximate surface area is 154 Å². The number of hydrogen-bond donors (Lipinski definition) is 3. The third-order valence-corrected chi connectivity index (χ3v) is 4.86. The van der Waals surface area contributed by atoms with E-state index in [9.17, 15) is 20.3 Å². The molecule has 1 unspecified atom stereocenters. The average molecular weight is 366 g/mol. The van der Waals surface area contributed by atoms with Gasteiger partial charge in [0.1, 0.15) is 23.3 Å². The van der Waals surface area contributed by atoms with E-state index >= 15 is 0 Å². The number of fused-ring (bicyclic) bond motifs is 1. The molecule has 1 fully saturated rings. The second-order valence-corrected chi connectivity index (χ2v) is 6.49. The zero-order chi connectivity index (χ0) is 19.0. The van der Waals surface area contributed by atoms with Crippen LogP contribution in [0.15, 0.2) is 35.4 Å². The van der Waals surface area contributed by atoms with Gasteiger partial charge in [-0.3, -0.25) is 9.48 Å². The van der Waals surface area contributed by atoms with Crippen LogP contribution in [-0.4, -0.2) is 49.7 Å². The van der Waals surface area contributed by atoms with Crippen LogP contribution in [0.2, 0.25) is 0 Å². The Balaban J connectivity index is 1.84. The zero-order valence-corrected chi connectivity index (χ0v) is 14.4. The summed E-state index contributed by atoms with van der Waals surface area (Å²) in [5.41, 5.74) is 1.16. The van der Waals surface area contributed by atoms with Gasteiger partial charge in [-0.25, -0.2) is 4.98 Å². The first-order valence-corrected chi connectivity index (χ1v) is 8.62. The number of pyridine rings is 2. The van der Waals surface area contributed by atoms with Gasteiger partial charge in [0.05, 0.1) is 29.5 Å². The molecule has 4 rings (SSSR count). The van der Waals surface area contributed by atoms with Crippen molar-refractivity contribution in [1.29, 1.82) is 5.26 Å². The van der Waals surface area contributed by atoms with Crippen LogP contribution in [0.1, 0.15) is 29.8 Å². The summed E-state index contributed by atoms with van der Waals surface area (Å²) in [4.78, 5) is 21.5. The fraction of sp³-hybridized carbons (Fsp3) is 0.333. The van der Waals surface area contributed by atoms with Gasteiger partial charge in [-0.1, -0.05) is 0 Å². The molecular formula is C18H18N6O3. The number of aliphatic hydroxyl groups is 2. The minimum atomic E-state index is -1.13. The van der Waals surface area contributed by atoms with Crippen LogP contribution in [0.3, 0.4) is 0 Å². The molecule has 0 bridgehead atoms. The molecule has 0 amide bonds. The van der Waals surface area contributed by atoms with Crippen LogP contribution < -0.4 is 10.5 Å². The number of aromatic nitrogens is 4. The second kappa shape index (κ2) is 6.83. The molecular weight excluding hydrogens is 348 g/mol. The zero-order valence-electron chi connectivity index (χ0n) is 14.4. The van der Waals surface area contributed by atoms with E-state index in [0.717, 1.165) is 6.42 Å². The monoisotopic (exact) mass is 366 g/mol. The lowest BCUT2D eigenvalue weighted by atomic mass is 10.1. The normalized spacial score (nSPS) is 18.0. The van der Waals surface area contributed by atoms with E-state index in [1.54, 1.807) is 18.3 Å². The van der Waals surface area contributed by atoms with E-state index in [4.69, 9.17) is 0 Å². The third kappa shape index (κ3) is 2.95. The van der Waals surface area contributed by atoms with Crippen molar-refractivity contribution in [3.63, 3.8) is 0 Å². The largest absolute Gasteiger partial charge is 0.393 e. The Kier molecular flexibility index (Phi) is 4.35. The fourth-order valence-corrected chi connectivity index (χ4v) is 3.51. The molecule has 1 saturated heterocycles. The van der Waals surface area contributed by atoms with Crippen molar-refractivity contribution in [2.75, 3.05) is 24.6 Å². The molecule has 0 radical (unpaired) electrons. The molecule has 9 heteroatoms. The van der Waals surface area contributed by atoms with Crippen molar-refractivity contribution < 1.29 is 10.2 Å². The number of rotatable bonds is 4. The van der Waals surface area contributed by atoms with Gasteiger partial charge in [0.15, 0.2) is 0 Å². The van der Waals surface area contributed by atoms with Crippen LogP contribution in [0.5, 0.6) is 0 Å². The predicted octanol–water partition coefficient (Wildman–Crippen LogP) is 0.468. The summed E-state index contributed by atoms with van der Waals surface area (Å²) in [6, 6.07) is 7.15. The summed E-state index contributed by atoms with van der Waals surface area (Å²) < 4.78 is 1.87. The number of anilines is 1. The van der Waals surface area contributed by atoms with Crippen molar-refractivity contribution in [2.45, 2.75) is 18.6 Å². The highest BCUT2D eigenvalue weighted by molar-refractivity contribution is 5.91. The highest BCUT2D eigenvalue weighted by Crippen LogP contribution is 2.32. The Bertz CT molecular complexity index is 1070. The maximum atomic E-state index is 12.4. The highest BCUT2D eigenvalue weighted by Gasteiger charge is 2.29. The molecule has 9 nitrogen and oxygen atoms in total. The van der Waals surface area contributed by atoms with Crippen LogP contribution in [-0.2, 0) is 0 Å². The van der Waals surface area contributed by atoms with Gasteiger partial charge in [0.2, 0.25) is 0 Å². The van der Waals surface area contributed by atoms with Crippen molar-refractivity contribution >= 4 is 16.7 Å². The molecule has 4 heterocycles. The topological polar surface area (TPSA) is 131 Å². The van der Waals surface area contributed by atoms with Gasteiger partial charge in [0.25, 0.3) is 5.56 Å². The number of H-pyrrole nitrogens is 1. The van der Waals surface area contributed by atoms with Crippen LogP contribution in [0.4, 0.5) is 5.69 Å². The number of hydrogen-bond acceptors (Lipinski definition) is 7. The molecule has 0 saturated carbocycles. The first kappa shape index (κ1) is 17.2. The summed E-state index contributed by atoms with van der Waals surface area (Å²) in [6.45, 7) is 0.767. The molecule has 1 aliphatic heterocycles. The minimum Gasteiger partial charge on any atom is -0.393 e. The first-order chi connectivity index (χ1) is 13.1. The van der Waals surface area contributed by atoms with E-state index in [2.05, 4.69) is 15.1 Å². The summed E-state index contributed by atoms with van der Waals surface area (Å²) in [5, 5.41) is 33.0. The van der Waals surface area contributed by atoms with Gasteiger partial charge >= 0.3 is 0 Å². The predicted molar refractivity (Wildman–Crippen MR) is 97.2 cm³/mol. The Morgan fingerprint density at radius 1 is 1.44 bits per heavy atom. The molecule has 0 aliphatic carbocycles.